The maximum atomic E-state index is 5.37. The maximum absolute atomic E-state index is 5.37. The lowest BCUT2D eigenvalue weighted by molar-refractivity contribution is 0.171. The molecule has 154 valence electrons. The van der Waals surface area contributed by atoms with E-state index in [0.29, 0.717) is 17.5 Å². The summed E-state index contributed by atoms with van der Waals surface area (Å²) in [5.41, 5.74) is 0.912. The van der Waals surface area contributed by atoms with Gasteiger partial charge in [-0.15, -0.1) is 24.0 Å². The van der Waals surface area contributed by atoms with Crippen LogP contribution in [0.5, 0.6) is 11.5 Å². The van der Waals surface area contributed by atoms with Crippen molar-refractivity contribution in [3.8, 4) is 11.5 Å². The molecular weight excluding hydrogens is 455 g/mol. The Morgan fingerprint density at radius 1 is 1.15 bits per heavy atom. The van der Waals surface area contributed by atoms with Crippen molar-refractivity contribution in [3.63, 3.8) is 0 Å². The molecule has 0 radical (unpaired) electrons. The number of aliphatic imine (C=N–C) groups is 1. The van der Waals surface area contributed by atoms with Gasteiger partial charge in [0.1, 0.15) is 0 Å². The van der Waals surface area contributed by atoms with Crippen molar-refractivity contribution in [1.82, 2.24) is 10.2 Å². The third kappa shape index (κ3) is 7.03. The van der Waals surface area contributed by atoms with Crippen molar-refractivity contribution in [3.05, 3.63) is 18.2 Å². The van der Waals surface area contributed by atoms with Crippen LogP contribution in [0.15, 0.2) is 23.2 Å². The summed E-state index contributed by atoms with van der Waals surface area (Å²) in [6.45, 7) is 0.880. The fourth-order valence-electron chi connectivity index (χ4n) is 3.72. The fourth-order valence-corrected chi connectivity index (χ4v) is 3.72. The van der Waals surface area contributed by atoms with Gasteiger partial charge in [-0.05, 0) is 45.0 Å². The predicted molar refractivity (Wildman–Crippen MR) is 124 cm³/mol. The van der Waals surface area contributed by atoms with Crippen molar-refractivity contribution in [2.45, 2.75) is 38.1 Å². The molecule has 1 aromatic rings. The first kappa shape index (κ1) is 23.8. The molecule has 1 fully saturated rings. The topological polar surface area (TPSA) is 58.1 Å². The van der Waals surface area contributed by atoms with E-state index in [1.54, 1.807) is 21.3 Å². The molecule has 1 aliphatic rings. The quantitative estimate of drug-likeness (QED) is 0.346. The van der Waals surface area contributed by atoms with Gasteiger partial charge in [0, 0.05) is 31.4 Å². The number of likely N-dealkylation sites (N-methyl/N-ethyl adjacent to an activating group) is 1. The molecule has 1 atom stereocenters. The molecule has 0 saturated heterocycles. The predicted octanol–water partition coefficient (Wildman–Crippen LogP) is 3.82. The lowest BCUT2D eigenvalue weighted by atomic mass is 9.83. The zero-order valence-corrected chi connectivity index (χ0v) is 19.6. The van der Waals surface area contributed by atoms with E-state index < -0.39 is 0 Å². The van der Waals surface area contributed by atoms with E-state index in [9.17, 15) is 0 Å². The minimum Gasteiger partial charge on any atom is -0.493 e. The number of rotatable bonds is 7. The summed E-state index contributed by atoms with van der Waals surface area (Å²) in [5, 5.41) is 6.82. The molecule has 1 aromatic carbocycles. The largest absolute Gasteiger partial charge is 0.493 e. The van der Waals surface area contributed by atoms with Gasteiger partial charge in [0.15, 0.2) is 17.5 Å². The summed E-state index contributed by atoms with van der Waals surface area (Å²) in [5.74, 6) is 2.93. The maximum Gasteiger partial charge on any atom is 0.195 e. The second-order valence-electron chi connectivity index (χ2n) is 7.08. The van der Waals surface area contributed by atoms with Crippen LogP contribution >= 0.6 is 24.0 Å². The second-order valence-corrected chi connectivity index (χ2v) is 7.08. The molecule has 2 N–H and O–H groups in total. The van der Waals surface area contributed by atoms with E-state index in [0.717, 1.165) is 24.1 Å². The van der Waals surface area contributed by atoms with E-state index in [4.69, 9.17) is 9.47 Å². The van der Waals surface area contributed by atoms with Crippen molar-refractivity contribution in [1.29, 1.82) is 0 Å². The summed E-state index contributed by atoms with van der Waals surface area (Å²) >= 11 is 0. The highest BCUT2D eigenvalue weighted by Crippen LogP contribution is 2.30. The van der Waals surface area contributed by atoms with Crippen molar-refractivity contribution in [2.75, 3.05) is 47.2 Å². The molecule has 27 heavy (non-hydrogen) atoms. The number of nitrogens with zero attached hydrogens (tertiary/aromatic N) is 2. The van der Waals surface area contributed by atoms with Gasteiger partial charge in [-0.2, -0.15) is 0 Å². The highest BCUT2D eigenvalue weighted by atomic mass is 127. The summed E-state index contributed by atoms with van der Waals surface area (Å²) in [4.78, 5) is 6.70. The van der Waals surface area contributed by atoms with Crippen LogP contribution < -0.4 is 20.1 Å². The third-order valence-electron chi connectivity index (χ3n) is 5.21. The standard InChI is InChI=1S/C20H34N4O2.HI/c1-21-20(23-16-11-12-18(25-4)19(13-16)26-5)22-14-17(24(2)3)15-9-7-6-8-10-15;/h11-13,15,17H,6-10,14H2,1-5H3,(H2,21,22,23);1H. The zero-order chi connectivity index (χ0) is 18.9. The number of hydrogen-bond donors (Lipinski definition) is 2. The van der Waals surface area contributed by atoms with Gasteiger partial charge < -0.3 is 25.0 Å². The van der Waals surface area contributed by atoms with Crippen molar-refractivity contribution < 1.29 is 9.47 Å². The number of guanidine groups is 1. The van der Waals surface area contributed by atoms with E-state index in [1.165, 1.54) is 32.1 Å². The molecule has 1 aliphatic carbocycles. The first-order chi connectivity index (χ1) is 12.6. The first-order valence-corrected chi connectivity index (χ1v) is 9.45. The second kappa shape index (κ2) is 12.3. The minimum absolute atomic E-state index is 0. The van der Waals surface area contributed by atoms with Crippen LogP contribution in [0.25, 0.3) is 0 Å². The van der Waals surface area contributed by atoms with Crippen LogP contribution in [0.1, 0.15) is 32.1 Å². The number of ether oxygens (including phenoxy) is 2. The normalized spacial score (nSPS) is 16.4. The molecule has 0 aromatic heterocycles. The zero-order valence-electron chi connectivity index (χ0n) is 17.2. The van der Waals surface area contributed by atoms with Gasteiger partial charge >= 0.3 is 0 Å². The lowest BCUT2D eigenvalue weighted by Gasteiger charge is -2.35. The molecular formula is C20H35IN4O2. The number of nitrogens with one attached hydrogen (secondary N) is 2. The van der Waals surface area contributed by atoms with Gasteiger partial charge in [-0.3, -0.25) is 4.99 Å². The average Bonchev–Trinajstić information content (AvgIpc) is 2.67. The Morgan fingerprint density at radius 2 is 1.81 bits per heavy atom. The summed E-state index contributed by atoms with van der Waals surface area (Å²) in [6, 6.07) is 6.27. The van der Waals surface area contributed by atoms with Crippen LogP contribution in [0.2, 0.25) is 0 Å². The van der Waals surface area contributed by atoms with Gasteiger partial charge in [-0.25, -0.2) is 0 Å². The molecule has 0 heterocycles. The smallest absolute Gasteiger partial charge is 0.195 e. The van der Waals surface area contributed by atoms with Crippen LogP contribution in [-0.4, -0.2) is 58.8 Å². The van der Waals surface area contributed by atoms with Crippen LogP contribution in [0.3, 0.4) is 0 Å². The summed E-state index contributed by atoms with van der Waals surface area (Å²) in [6.07, 6.45) is 6.74. The highest BCUT2D eigenvalue weighted by molar-refractivity contribution is 14.0. The Balaban J connectivity index is 0.00000364. The third-order valence-corrected chi connectivity index (χ3v) is 5.21. The van der Waals surface area contributed by atoms with Crippen LogP contribution in [0.4, 0.5) is 5.69 Å². The summed E-state index contributed by atoms with van der Waals surface area (Å²) in [7, 11) is 9.41. The van der Waals surface area contributed by atoms with Crippen LogP contribution in [-0.2, 0) is 0 Å². The number of methoxy groups -OCH3 is 2. The number of anilines is 1. The highest BCUT2D eigenvalue weighted by Gasteiger charge is 2.25. The first-order valence-electron chi connectivity index (χ1n) is 9.45. The monoisotopic (exact) mass is 490 g/mol. The Kier molecular flexibility index (Phi) is 10.8. The summed E-state index contributed by atoms with van der Waals surface area (Å²) < 4.78 is 10.7. The molecule has 0 aliphatic heterocycles. The molecule has 6 nitrogen and oxygen atoms in total. The van der Waals surface area contributed by atoms with Crippen molar-refractivity contribution in [2.24, 2.45) is 10.9 Å². The number of benzene rings is 1. The van der Waals surface area contributed by atoms with E-state index in [2.05, 4.69) is 34.6 Å². The van der Waals surface area contributed by atoms with Crippen LogP contribution in [0, 0.1) is 5.92 Å². The average molecular weight is 490 g/mol. The molecule has 0 amide bonds. The van der Waals surface area contributed by atoms with E-state index >= 15 is 0 Å². The minimum atomic E-state index is 0. The lowest BCUT2D eigenvalue weighted by Crippen LogP contribution is -2.46. The Hall–Kier alpha value is -1.22. The fraction of sp³-hybridized carbons (Fsp3) is 0.650. The Morgan fingerprint density at radius 3 is 2.37 bits per heavy atom. The molecule has 1 saturated carbocycles. The molecule has 0 bridgehead atoms. The van der Waals surface area contributed by atoms with Gasteiger partial charge in [0.25, 0.3) is 0 Å². The molecule has 7 heteroatoms. The number of halogens is 1. The molecule has 1 unspecified atom stereocenters. The van der Waals surface area contributed by atoms with Gasteiger partial charge in [-0.1, -0.05) is 19.3 Å². The molecule has 2 rings (SSSR count). The van der Waals surface area contributed by atoms with E-state index in [-0.39, 0.29) is 24.0 Å². The van der Waals surface area contributed by atoms with E-state index in [1.807, 2.05) is 18.2 Å². The Bertz CT molecular complexity index is 589. The van der Waals surface area contributed by atoms with Crippen molar-refractivity contribution >= 4 is 35.6 Å². The SMILES string of the molecule is CN=C(NCC(C1CCCCC1)N(C)C)Nc1ccc(OC)c(OC)c1.I. The molecule has 0 spiro atoms. The Labute approximate surface area is 181 Å². The number of hydrogen-bond acceptors (Lipinski definition) is 4. The van der Waals surface area contributed by atoms with Gasteiger partial charge in [0.05, 0.1) is 14.2 Å². The van der Waals surface area contributed by atoms with Gasteiger partial charge in [0.2, 0.25) is 0 Å².